The lowest BCUT2D eigenvalue weighted by molar-refractivity contribution is -0.140. The topological polar surface area (TPSA) is 73.9 Å². The molecule has 0 aromatic heterocycles. The molecule has 6 nitrogen and oxygen atoms in total. The van der Waals surface area contributed by atoms with E-state index in [1.807, 2.05) is 43.3 Å². The first-order valence-corrected chi connectivity index (χ1v) is 13.4. The van der Waals surface area contributed by atoms with Gasteiger partial charge in [0.15, 0.2) is 11.5 Å². The summed E-state index contributed by atoms with van der Waals surface area (Å²) < 4.78 is 16.4. The molecule has 0 saturated carbocycles. The molecule has 0 radical (unpaired) electrons. The molecule has 3 aromatic rings. The summed E-state index contributed by atoms with van der Waals surface area (Å²) >= 11 is 0. The van der Waals surface area contributed by atoms with Gasteiger partial charge in [0.05, 0.1) is 20.3 Å². The Kier molecular flexibility index (Phi) is 10.6. The Hall–Kier alpha value is -3.80. The van der Waals surface area contributed by atoms with Crippen LogP contribution in [-0.2, 0) is 22.6 Å². The first-order valence-electron chi connectivity index (χ1n) is 13.4. The van der Waals surface area contributed by atoms with Crippen molar-refractivity contribution in [2.24, 2.45) is 5.92 Å². The molecule has 6 heteroatoms. The minimum Gasteiger partial charge on any atom is -0.493 e. The molecule has 3 rings (SSSR count). The van der Waals surface area contributed by atoms with Crippen molar-refractivity contribution in [1.29, 1.82) is 0 Å². The smallest absolute Gasteiger partial charge is 0.305 e. The van der Waals surface area contributed by atoms with E-state index >= 15 is 0 Å². The summed E-state index contributed by atoms with van der Waals surface area (Å²) in [5.41, 5.74) is 6.66. The zero-order valence-electron chi connectivity index (χ0n) is 24.2. The maximum Gasteiger partial charge on any atom is 0.305 e. The van der Waals surface area contributed by atoms with Gasteiger partial charge in [-0.1, -0.05) is 61.4 Å². The van der Waals surface area contributed by atoms with Crippen molar-refractivity contribution in [3.8, 4) is 11.5 Å². The summed E-state index contributed by atoms with van der Waals surface area (Å²) in [5, 5.41) is 3.29. The van der Waals surface area contributed by atoms with Crippen molar-refractivity contribution in [2.75, 3.05) is 14.2 Å². The van der Waals surface area contributed by atoms with Crippen LogP contribution >= 0.6 is 0 Å². The molecule has 39 heavy (non-hydrogen) atoms. The first kappa shape index (κ1) is 29.8. The van der Waals surface area contributed by atoms with Crippen molar-refractivity contribution in [3.05, 3.63) is 93.5 Å². The fraction of sp³-hybridized carbons (Fsp3) is 0.394. The lowest BCUT2D eigenvalue weighted by Gasteiger charge is -2.23. The molecule has 1 atom stereocenters. The standard InChI is InChI=1S/C33H41NO5/c1-21(2)14-29(27-16-23(4)15-24(5)17-27)34-33(36)28-19-25(9-10-26(28)11-13-32(35)38-7)20-39-31-18-22(3)8-12-30(31)37-6/h8-10,12,15-19,21,29H,11,13-14,20H2,1-7H3,(H,34,36). The number of carbonyl (C=O) groups excluding carboxylic acids is 2. The average Bonchev–Trinajstić information content (AvgIpc) is 2.89. The van der Waals surface area contributed by atoms with Gasteiger partial charge in [-0.2, -0.15) is 0 Å². The third-order valence-corrected chi connectivity index (χ3v) is 6.62. The van der Waals surface area contributed by atoms with Gasteiger partial charge >= 0.3 is 5.97 Å². The van der Waals surface area contributed by atoms with Crippen molar-refractivity contribution in [3.63, 3.8) is 0 Å². The van der Waals surface area contributed by atoms with Crippen LogP contribution in [0.2, 0.25) is 0 Å². The van der Waals surface area contributed by atoms with Gasteiger partial charge in [-0.3, -0.25) is 9.59 Å². The molecule has 0 aliphatic rings. The normalized spacial score (nSPS) is 11.7. The SMILES string of the molecule is COC(=O)CCc1ccc(COc2cc(C)ccc2OC)cc1C(=O)NC(CC(C)C)c1cc(C)cc(C)c1. The fourth-order valence-electron chi connectivity index (χ4n) is 4.74. The second-order valence-electron chi connectivity index (χ2n) is 10.6. The number of hydrogen-bond donors (Lipinski definition) is 1. The van der Waals surface area contributed by atoms with Crippen molar-refractivity contribution in [2.45, 2.75) is 66.5 Å². The molecular weight excluding hydrogens is 490 g/mol. The molecule has 3 aromatic carbocycles. The lowest BCUT2D eigenvalue weighted by atomic mass is 9.93. The Bertz CT molecular complexity index is 1280. The highest BCUT2D eigenvalue weighted by Gasteiger charge is 2.21. The molecule has 1 N–H and O–H groups in total. The van der Waals surface area contributed by atoms with Crippen LogP contribution in [0.4, 0.5) is 0 Å². The largest absolute Gasteiger partial charge is 0.493 e. The molecule has 0 fully saturated rings. The van der Waals surface area contributed by atoms with Gasteiger partial charge in [0.25, 0.3) is 5.91 Å². The second-order valence-corrected chi connectivity index (χ2v) is 10.6. The van der Waals surface area contributed by atoms with E-state index in [-0.39, 0.29) is 30.9 Å². The van der Waals surface area contributed by atoms with Gasteiger partial charge in [0.2, 0.25) is 0 Å². The highest BCUT2D eigenvalue weighted by atomic mass is 16.5. The maximum absolute atomic E-state index is 13.8. The Morgan fingerprint density at radius 3 is 2.21 bits per heavy atom. The van der Waals surface area contributed by atoms with E-state index in [9.17, 15) is 9.59 Å². The van der Waals surface area contributed by atoms with Gasteiger partial charge in [0.1, 0.15) is 6.61 Å². The summed E-state index contributed by atoms with van der Waals surface area (Å²) in [6.07, 6.45) is 1.41. The molecule has 1 unspecified atom stereocenters. The molecule has 0 aliphatic heterocycles. The molecular formula is C33H41NO5. The molecule has 1 amide bonds. The summed E-state index contributed by atoms with van der Waals surface area (Å²) in [7, 11) is 2.98. The minimum atomic E-state index is -0.312. The number of carbonyl (C=O) groups is 2. The minimum absolute atomic E-state index is 0.138. The van der Waals surface area contributed by atoms with Crippen LogP contribution in [0.1, 0.15) is 76.5 Å². The van der Waals surface area contributed by atoms with Crippen LogP contribution in [0.15, 0.2) is 54.6 Å². The molecule has 0 saturated heterocycles. The van der Waals surface area contributed by atoms with E-state index in [4.69, 9.17) is 14.2 Å². The van der Waals surface area contributed by atoms with E-state index in [1.165, 1.54) is 7.11 Å². The van der Waals surface area contributed by atoms with Crippen LogP contribution in [0.3, 0.4) is 0 Å². The number of ether oxygens (including phenoxy) is 3. The van der Waals surface area contributed by atoms with Gasteiger partial charge in [0, 0.05) is 12.0 Å². The number of hydrogen-bond acceptors (Lipinski definition) is 5. The molecule has 0 bridgehead atoms. The molecule has 208 valence electrons. The van der Waals surface area contributed by atoms with Crippen LogP contribution in [0.5, 0.6) is 11.5 Å². The number of benzene rings is 3. The first-order chi connectivity index (χ1) is 18.6. The van der Waals surface area contributed by atoms with Gasteiger partial charge in [-0.25, -0.2) is 0 Å². The fourth-order valence-corrected chi connectivity index (χ4v) is 4.74. The predicted molar refractivity (Wildman–Crippen MR) is 154 cm³/mol. The Balaban J connectivity index is 1.91. The highest BCUT2D eigenvalue weighted by molar-refractivity contribution is 5.96. The maximum atomic E-state index is 13.8. The number of aryl methyl sites for hydroxylation is 4. The molecule has 0 aliphatic carbocycles. The second kappa shape index (κ2) is 13.8. The number of nitrogens with one attached hydrogen (secondary N) is 1. The summed E-state index contributed by atoms with van der Waals surface area (Å²) in [6.45, 7) is 10.7. The van der Waals surface area contributed by atoms with Gasteiger partial charge in [-0.05, 0) is 80.0 Å². The molecule has 0 heterocycles. The monoisotopic (exact) mass is 531 g/mol. The van der Waals surface area contributed by atoms with E-state index in [2.05, 4.69) is 51.2 Å². The van der Waals surface area contributed by atoms with Crippen LogP contribution in [0, 0.1) is 26.7 Å². The Morgan fingerprint density at radius 1 is 0.846 bits per heavy atom. The zero-order chi connectivity index (χ0) is 28.5. The van der Waals surface area contributed by atoms with E-state index < -0.39 is 0 Å². The van der Waals surface area contributed by atoms with E-state index in [0.29, 0.717) is 29.4 Å². The van der Waals surface area contributed by atoms with Crippen molar-refractivity contribution >= 4 is 11.9 Å². The summed E-state index contributed by atoms with van der Waals surface area (Å²) in [6, 6.07) is 17.7. The highest BCUT2D eigenvalue weighted by Crippen LogP contribution is 2.29. The number of rotatable bonds is 12. The van der Waals surface area contributed by atoms with Crippen molar-refractivity contribution in [1.82, 2.24) is 5.32 Å². The molecule has 0 spiro atoms. The third kappa shape index (κ3) is 8.60. The quantitative estimate of drug-likeness (QED) is 0.260. The number of amides is 1. The van der Waals surface area contributed by atoms with E-state index in [1.54, 1.807) is 7.11 Å². The van der Waals surface area contributed by atoms with Crippen LogP contribution < -0.4 is 14.8 Å². The number of methoxy groups -OCH3 is 2. The Morgan fingerprint density at radius 2 is 1.56 bits per heavy atom. The summed E-state index contributed by atoms with van der Waals surface area (Å²) in [4.78, 5) is 25.7. The predicted octanol–water partition coefficient (Wildman–Crippen LogP) is 6.82. The summed E-state index contributed by atoms with van der Waals surface area (Å²) in [5.74, 6) is 1.20. The lowest BCUT2D eigenvalue weighted by Crippen LogP contribution is -2.30. The van der Waals surface area contributed by atoms with Crippen LogP contribution in [-0.4, -0.2) is 26.1 Å². The third-order valence-electron chi connectivity index (χ3n) is 6.62. The van der Waals surface area contributed by atoms with Gasteiger partial charge in [-0.15, -0.1) is 0 Å². The van der Waals surface area contributed by atoms with Crippen LogP contribution in [0.25, 0.3) is 0 Å². The number of esters is 1. The van der Waals surface area contributed by atoms with Gasteiger partial charge < -0.3 is 19.5 Å². The average molecular weight is 532 g/mol. The Labute approximate surface area is 232 Å². The van der Waals surface area contributed by atoms with Crippen molar-refractivity contribution < 1.29 is 23.8 Å². The zero-order valence-corrected chi connectivity index (χ0v) is 24.2. The van der Waals surface area contributed by atoms with E-state index in [0.717, 1.165) is 39.8 Å².